The smallest absolute Gasteiger partial charge is 0.236 e. The van der Waals surface area contributed by atoms with E-state index in [0.717, 1.165) is 38.0 Å². The molecular weight excluding hydrogens is 338 g/mol. The van der Waals surface area contributed by atoms with Gasteiger partial charge >= 0.3 is 0 Å². The SMILES string of the molecule is Cc1cc(C)cc(OCCN(C)C(=O)CN2CCN(C3CCCC3)CC2)c1. The van der Waals surface area contributed by atoms with E-state index in [4.69, 9.17) is 4.74 Å². The average Bonchev–Trinajstić information content (AvgIpc) is 3.16. The topological polar surface area (TPSA) is 36.0 Å². The van der Waals surface area contributed by atoms with Gasteiger partial charge in [0.25, 0.3) is 0 Å². The van der Waals surface area contributed by atoms with Gasteiger partial charge in [-0.1, -0.05) is 18.9 Å². The lowest BCUT2D eigenvalue weighted by Gasteiger charge is -2.38. The monoisotopic (exact) mass is 373 g/mol. The Morgan fingerprint density at radius 3 is 2.33 bits per heavy atom. The summed E-state index contributed by atoms with van der Waals surface area (Å²) in [5.74, 6) is 1.07. The number of hydrogen-bond acceptors (Lipinski definition) is 4. The summed E-state index contributed by atoms with van der Waals surface area (Å²) in [6.07, 6.45) is 5.50. The van der Waals surface area contributed by atoms with Crippen LogP contribution in [0.15, 0.2) is 18.2 Å². The molecule has 5 heteroatoms. The van der Waals surface area contributed by atoms with Gasteiger partial charge in [0.15, 0.2) is 0 Å². The van der Waals surface area contributed by atoms with E-state index >= 15 is 0 Å². The zero-order valence-corrected chi connectivity index (χ0v) is 17.2. The molecule has 0 spiro atoms. The molecule has 1 aromatic rings. The maximum Gasteiger partial charge on any atom is 0.236 e. The third-order valence-corrected chi connectivity index (χ3v) is 5.92. The maximum atomic E-state index is 12.5. The number of piperazine rings is 1. The van der Waals surface area contributed by atoms with Crippen LogP contribution < -0.4 is 4.74 Å². The number of carbonyl (C=O) groups is 1. The van der Waals surface area contributed by atoms with Crippen LogP contribution >= 0.6 is 0 Å². The number of ether oxygens (including phenoxy) is 1. The summed E-state index contributed by atoms with van der Waals surface area (Å²) in [7, 11) is 1.88. The fraction of sp³-hybridized carbons (Fsp3) is 0.682. The van der Waals surface area contributed by atoms with Gasteiger partial charge in [-0.2, -0.15) is 0 Å². The molecule has 1 amide bonds. The molecule has 1 saturated heterocycles. The van der Waals surface area contributed by atoms with Crippen LogP contribution in [0.5, 0.6) is 5.75 Å². The first-order valence-electron chi connectivity index (χ1n) is 10.4. The molecule has 0 atom stereocenters. The van der Waals surface area contributed by atoms with Crippen molar-refractivity contribution in [1.29, 1.82) is 0 Å². The van der Waals surface area contributed by atoms with Crippen molar-refractivity contribution >= 4 is 5.91 Å². The molecule has 0 radical (unpaired) electrons. The highest BCUT2D eigenvalue weighted by molar-refractivity contribution is 5.78. The van der Waals surface area contributed by atoms with Gasteiger partial charge in [0.1, 0.15) is 12.4 Å². The van der Waals surface area contributed by atoms with Crippen LogP contribution in [0.2, 0.25) is 0 Å². The summed E-state index contributed by atoms with van der Waals surface area (Å²) < 4.78 is 5.84. The highest BCUT2D eigenvalue weighted by Gasteiger charge is 2.27. The summed E-state index contributed by atoms with van der Waals surface area (Å²) in [5, 5.41) is 0. The van der Waals surface area contributed by atoms with Gasteiger partial charge in [-0.3, -0.25) is 14.6 Å². The van der Waals surface area contributed by atoms with E-state index in [9.17, 15) is 4.79 Å². The zero-order valence-electron chi connectivity index (χ0n) is 17.2. The van der Waals surface area contributed by atoms with E-state index in [0.29, 0.717) is 19.7 Å². The number of carbonyl (C=O) groups excluding carboxylic acids is 1. The second-order valence-electron chi connectivity index (χ2n) is 8.24. The Bertz CT molecular complexity index is 600. The van der Waals surface area contributed by atoms with Crippen molar-refractivity contribution in [2.24, 2.45) is 0 Å². The Labute approximate surface area is 164 Å². The molecule has 1 aliphatic heterocycles. The predicted molar refractivity (Wildman–Crippen MR) is 109 cm³/mol. The number of amides is 1. The van der Waals surface area contributed by atoms with Crippen LogP contribution in [0.1, 0.15) is 36.8 Å². The minimum Gasteiger partial charge on any atom is -0.492 e. The van der Waals surface area contributed by atoms with Crippen molar-refractivity contribution in [2.45, 2.75) is 45.6 Å². The Morgan fingerprint density at radius 1 is 1.07 bits per heavy atom. The molecule has 1 saturated carbocycles. The molecule has 2 fully saturated rings. The lowest BCUT2D eigenvalue weighted by atomic mass is 10.1. The Hall–Kier alpha value is -1.59. The molecular formula is C22H35N3O2. The molecule has 1 aliphatic carbocycles. The van der Waals surface area contributed by atoms with Crippen LogP contribution in [0.25, 0.3) is 0 Å². The van der Waals surface area contributed by atoms with Gasteiger partial charge in [0, 0.05) is 39.3 Å². The number of nitrogens with zero attached hydrogens (tertiary/aromatic N) is 3. The summed E-state index contributed by atoms with van der Waals surface area (Å²) in [6, 6.07) is 7.01. The van der Waals surface area contributed by atoms with Gasteiger partial charge in [0.05, 0.1) is 13.1 Å². The first kappa shape index (κ1) is 20.2. The number of likely N-dealkylation sites (N-methyl/N-ethyl adjacent to an activating group) is 1. The normalized spacial score (nSPS) is 19.4. The molecule has 0 N–H and O–H groups in total. The van der Waals surface area contributed by atoms with Crippen molar-refractivity contribution in [3.63, 3.8) is 0 Å². The van der Waals surface area contributed by atoms with E-state index in [1.54, 1.807) is 4.90 Å². The van der Waals surface area contributed by atoms with Crippen molar-refractivity contribution in [2.75, 3.05) is 52.9 Å². The van der Waals surface area contributed by atoms with E-state index in [2.05, 4.69) is 29.7 Å². The third-order valence-electron chi connectivity index (χ3n) is 5.92. The minimum atomic E-state index is 0.188. The predicted octanol–water partition coefficient (Wildman–Crippen LogP) is 2.70. The van der Waals surface area contributed by atoms with Gasteiger partial charge in [0.2, 0.25) is 5.91 Å². The molecule has 1 heterocycles. The molecule has 0 aromatic heterocycles. The van der Waals surface area contributed by atoms with Crippen molar-refractivity contribution in [3.8, 4) is 5.75 Å². The van der Waals surface area contributed by atoms with E-state index in [-0.39, 0.29) is 5.91 Å². The summed E-state index contributed by atoms with van der Waals surface area (Å²) in [4.78, 5) is 19.2. The average molecular weight is 374 g/mol. The Balaban J connectivity index is 1.35. The zero-order chi connectivity index (χ0) is 19.2. The first-order valence-corrected chi connectivity index (χ1v) is 10.4. The minimum absolute atomic E-state index is 0.188. The quantitative estimate of drug-likeness (QED) is 0.736. The fourth-order valence-corrected chi connectivity index (χ4v) is 4.31. The van der Waals surface area contributed by atoms with Gasteiger partial charge in [-0.05, 0) is 49.9 Å². The second kappa shape index (κ2) is 9.56. The molecule has 2 aliphatic rings. The molecule has 3 rings (SSSR count). The summed E-state index contributed by atoms with van der Waals surface area (Å²) in [6.45, 7) is 10.1. The van der Waals surface area contributed by atoms with E-state index < -0.39 is 0 Å². The van der Waals surface area contributed by atoms with Crippen LogP contribution in [0, 0.1) is 13.8 Å². The summed E-state index contributed by atoms with van der Waals surface area (Å²) in [5.41, 5.74) is 2.40. The standard InChI is InChI=1S/C22H35N3O2/c1-18-14-19(2)16-21(15-18)27-13-12-23(3)22(26)17-24-8-10-25(11-9-24)20-6-4-5-7-20/h14-16,20H,4-13,17H2,1-3H3. The molecule has 1 aromatic carbocycles. The molecule has 5 nitrogen and oxygen atoms in total. The van der Waals surface area contributed by atoms with Gasteiger partial charge in [-0.15, -0.1) is 0 Å². The number of hydrogen-bond donors (Lipinski definition) is 0. The van der Waals surface area contributed by atoms with Crippen molar-refractivity contribution in [3.05, 3.63) is 29.3 Å². The maximum absolute atomic E-state index is 12.5. The highest BCUT2D eigenvalue weighted by Crippen LogP contribution is 2.24. The van der Waals surface area contributed by atoms with Gasteiger partial charge in [-0.25, -0.2) is 0 Å². The summed E-state index contributed by atoms with van der Waals surface area (Å²) >= 11 is 0. The van der Waals surface area contributed by atoms with E-state index in [1.807, 2.05) is 19.2 Å². The number of benzene rings is 1. The second-order valence-corrected chi connectivity index (χ2v) is 8.24. The molecule has 0 unspecified atom stereocenters. The first-order chi connectivity index (χ1) is 13.0. The highest BCUT2D eigenvalue weighted by atomic mass is 16.5. The molecule has 27 heavy (non-hydrogen) atoms. The number of rotatable bonds is 7. The van der Waals surface area contributed by atoms with Gasteiger partial charge < -0.3 is 9.64 Å². The molecule has 0 bridgehead atoms. The Morgan fingerprint density at radius 2 is 1.70 bits per heavy atom. The van der Waals surface area contributed by atoms with Crippen molar-refractivity contribution in [1.82, 2.24) is 14.7 Å². The van der Waals surface area contributed by atoms with Crippen LogP contribution in [-0.4, -0.2) is 79.6 Å². The largest absolute Gasteiger partial charge is 0.492 e. The fourth-order valence-electron chi connectivity index (χ4n) is 4.31. The van der Waals surface area contributed by atoms with Crippen LogP contribution in [0.3, 0.4) is 0 Å². The lowest BCUT2D eigenvalue weighted by Crippen LogP contribution is -2.52. The molecule has 150 valence electrons. The van der Waals surface area contributed by atoms with Crippen LogP contribution in [-0.2, 0) is 4.79 Å². The van der Waals surface area contributed by atoms with Crippen LogP contribution in [0.4, 0.5) is 0 Å². The lowest BCUT2D eigenvalue weighted by molar-refractivity contribution is -0.132. The van der Waals surface area contributed by atoms with Crippen molar-refractivity contribution < 1.29 is 9.53 Å². The number of aryl methyl sites for hydroxylation is 2. The Kier molecular flexibility index (Phi) is 7.13. The third kappa shape index (κ3) is 5.94. The van der Waals surface area contributed by atoms with E-state index in [1.165, 1.54) is 36.8 Å².